The van der Waals surface area contributed by atoms with E-state index in [1.54, 1.807) is 4.90 Å². The van der Waals surface area contributed by atoms with Gasteiger partial charge in [0.1, 0.15) is 11.6 Å². The van der Waals surface area contributed by atoms with E-state index < -0.39 is 18.3 Å². The van der Waals surface area contributed by atoms with E-state index in [4.69, 9.17) is 0 Å². The van der Waals surface area contributed by atoms with Crippen molar-refractivity contribution in [2.24, 2.45) is 11.3 Å². The number of nitrogens with one attached hydrogen (secondary N) is 1. The maximum atomic E-state index is 13.4. The van der Waals surface area contributed by atoms with E-state index >= 15 is 0 Å². The van der Waals surface area contributed by atoms with Crippen LogP contribution in [-0.4, -0.2) is 43.5 Å². The van der Waals surface area contributed by atoms with Crippen LogP contribution in [-0.2, 0) is 4.79 Å². The molecule has 1 N–H and O–H groups in total. The Bertz CT molecular complexity index is 639. The van der Waals surface area contributed by atoms with Gasteiger partial charge in [-0.15, -0.1) is 0 Å². The minimum atomic E-state index is -3.08. The fourth-order valence-corrected chi connectivity index (χ4v) is 3.66. The smallest absolute Gasteiger partial charge is 0.387 e. The summed E-state index contributed by atoms with van der Waals surface area (Å²) in [6.07, 6.45) is 2.70. The average Bonchev–Trinajstić information content (AvgIpc) is 2.42. The number of halogens is 3. The summed E-state index contributed by atoms with van der Waals surface area (Å²) in [6, 6.07) is 2.86. The van der Waals surface area contributed by atoms with Gasteiger partial charge < -0.3 is 15.0 Å². The van der Waals surface area contributed by atoms with Crippen molar-refractivity contribution >= 4 is 12.3 Å². The Morgan fingerprint density at radius 2 is 2.08 bits per heavy atom. The third-order valence-corrected chi connectivity index (χ3v) is 4.58. The number of carbonyl (C=O) groups is 2. The highest BCUT2D eigenvalue weighted by atomic mass is 19.3. The van der Waals surface area contributed by atoms with Crippen molar-refractivity contribution in [1.82, 2.24) is 10.2 Å². The third-order valence-electron chi connectivity index (χ3n) is 4.58. The first kappa shape index (κ1) is 16.6. The van der Waals surface area contributed by atoms with Gasteiger partial charge in [0.05, 0.1) is 0 Å². The monoisotopic (exact) mass is 342 g/mol. The molecule has 24 heavy (non-hydrogen) atoms. The van der Waals surface area contributed by atoms with E-state index in [0.717, 1.165) is 50.5 Å². The fourth-order valence-electron chi connectivity index (χ4n) is 3.66. The van der Waals surface area contributed by atoms with Gasteiger partial charge in [-0.25, -0.2) is 4.39 Å². The summed E-state index contributed by atoms with van der Waals surface area (Å²) >= 11 is 0. The summed E-state index contributed by atoms with van der Waals surface area (Å²) in [5.41, 5.74) is 0.142. The molecular weight excluding hydrogens is 325 g/mol. The van der Waals surface area contributed by atoms with E-state index in [-0.39, 0.29) is 16.7 Å². The minimum absolute atomic E-state index is 0.0598. The SMILES string of the molecule is O=CN1CC2(CC(CNC(=O)c3cc(F)cc(OC(F)F)c3)C2)C1. The molecule has 0 unspecified atom stereocenters. The maximum Gasteiger partial charge on any atom is 0.387 e. The van der Waals surface area contributed by atoms with Crippen LogP contribution in [0.2, 0.25) is 0 Å². The second kappa shape index (κ2) is 6.33. The standard InChI is InChI=1S/C16H17F3N2O3/c17-12-1-11(2-13(3-12)24-15(18)19)14(23)20-6-10-4-16(5-10)7-21(8-16)9-22/h1-3,9-10,15H,4-8H2,(H,20,23). The van der Waals surface area contributed by atoms with Gasteiger partial charge in [0, 0.05) is 36.7 Å². The molecule has 8 heteroatoms. The first-order valence-corrected chi connectivity index (χ1v) is 7.62. The number of nitrogens with zero attached hydrogens (tertiary/aromatic N) is 1. The number of benzene rings is 1. The van der Waals surface area contributed by atoms with Crippen LogP contribution in [0.4, 0.5) is 13.2 Å². The number of carbonyl (C=O) groups excluding carboxylic acids is 2. The van der Waals surface area contributed by atoms with Gasteiger partial charge in [0.25, 0.3) is 5.91 Å². The maximum absolute atomic E-state index is 13.4. The summed E-state index contributed by atoms with van der Waals surface area (Å²) in [6.45, 7) is -1.12. The largest absolute Gasteiger partial charge is 0.435 e. The highest BCUT2D eigenvalue weighted by Gasteiger charge is 2.51. The number of ether oxygens (including phenoxy) is 1. The average molecular weight is 342 g/mol. The van der Waals surface area contributed by atoms with Crippen LogP contribution < -0.4 is 10.1 Å². The van der Waals surface area contributed by atoms with Crippen molar-refractivity contribution in [3.05, 3.63) is 29.6 Å². The summed E-state index contributed by atoms with van der Waals surface area (Å²) < 4.78 is 41.9. The van der Waals surface area contributed by atoms with E-state index in [1.165, 1.54) is 0 Å². The number of likely N-dealkylation sites (tertiary alicyclic amines) is 1. The van der Waals surface area contributed by atoms with E-state index in [0.29, 0.717) is 12.5 Å². The zero-order valence-corrected chi connectivity index (χ0v) is 12.8. The van der Waals surface area contributed by atoms with Gasteiger partial charge >= 0.3 is 6.61 Å². The molecule has 1 heterocycles. The van der Waals surface area contributed by atoms with Gasteiger partial charge in [0.2, 0.25) is 6.41 Å². The quantitative estimate of drug-likeness (QED) is 0.805. The third kappa shape index (κ3) is 3.47. The highest BCUT2D eigenvalue weighted by Crippen LogP contribution is 2.51. The number of amides is 2. The molecule has 1 saturated carbocycles. The molecule has 0 radical (unpaired) electrons. The first-order chi connectivity index (χ1) is 11.4. The van der Waals surface area contributed by atoms with Gasteiger partial charge in [-0.05, 0) is 30.9 Å². The van der Waals surface area contributed by atoms with Gasteiger partial charge in [0.15, 0.2) is 0 Å². The molecule has 0 bridgehead atoms. The molecule has 1 saturated heterocycles. The molecular formula is C16H17F3N2O3. The molecule has 2 fully saturated rings. The Labute approximate surface area is 136 Å². The lowest BCUT2D eigenvalue weighted by Gasteiger charge is -2.58. The van der Waals surface area contributed by atoms with E-state index in [1.807, 2.05) is 0 Å². The number of hydrogen-bond acceptors (Lipinski definition) is 3. The van der Waals surface area contributed by atoms with Crippen LogP contribution in [0.25, 0.3) is 0 Å². The lowest BCUT2D eigenvalue weighted by Crippen LogP contribution is -2.62. The molecule has 0 atom stereocenters. The van der Waals surface area contributed by atoms with Crippen LogP contribution in [0.1, 0.15) is 23.2 Å². The zero-order chi connectivity index (χ0) is 17.3. The fraction of sp³-hybridized carbons (Fsp3) is 0.500. The predicted octanol–water partition coefficient (Wildman–Crippen LogP) is 2.03. The van der Waals surface area contributed by atoms with Crippen molar-refractivity contribution in [3.8, 4) is 5.75 Å². The summed E-state index contributed by atoms with van der Waals surface area (Å²) in [7, 11) is 0. The first-order valence-electron chi connectivity index (χ1n) is 7.62. The Morgan fingerprint density at radius 1 is 1.38 bits per heavy atom. The molecule has 3 rings (SSSR count). The van der Waals surface area contributed by atoms with Crippen LogP contribution in [0.5, 0.6) is 5.75 Å². The second-order valence-corrected chi connectivity index (χ2v) is 6.55. The van der Waals surface area contributed by atoms with Crippen molar-refractivity contribution < 1.29 is 27.5 Å². The van der Waals surface area contributed by atoms with Gasteiger partial charge in [-0.2, -0.15) is 8.78 Å². The second-order valence-electron chi connectivity index (χ2n) is 6.55. The molecule has 2 amide bonds. The highest BCUT2D eigenvalue weighted by molar-refractivity contribution is 5.94. The Hall–Kier alpha value is -2.25. The molecule has 1 spiro atoms. The number of alkyl halides is 2. The van der Waals surface area contributed by atoms with Crippen molar-refractivity contribution in [2.75, 3.05) is 19.6 Å². The lowest BCUT2D eigenvalue weighted by atomic mass is 9.58. The van der Waals surface area contributed by atoms with Crippen LogP contribution in [0.3, 0.4) is 0 Å². The number of hydrogen-bond donors (Lipinski definition) is 1. The summed E-state index contributed by atoms with van der Waals surface area (Å²) in [5, 5.41) is 2.69. The normalized spacial score (nSPS) is 18.9. The Balaban J connectivity index is 1.49. The Kier molecular flexibility index (Phi) is 4.38. The number of rotatable bonds is 6. The van der Waals surface area contributed by atoms with Crippen LogP contribution in [0.15, 0.2) is 18.2 Å². The Morgan fingerprint density at radius 3 is 2.71 bits per heavy atom. The minimum Gasteiger partial charge on any atom is -0.435 e. The lowest BCUT2D eigenvalue weighted by molar-refractivity contribution is -0.141. The van der Waals surface area contributed by atoms with Crippen LogP contribution in [0, 0.1) is 17.2 Å². The van der Waals surface area contributed by atoms with E-state index in [9.17, 15) is 22.8 Å². The molecule has 2 aliphatic rings. The molecule has 1 aliphatic carbocycles. The van der Waals surface area contributed by atoms with Crippen molar-refractivity contribution in [2.45, 2.75) is 19.5 Å². The van der Waals surface area contributed by atoms with Gasteiger partial charge in [-0.1, -0.05) is 0 Å². The molecule has 1 aromatic carbocycles. The molecule has 1 aromatic rings. The summed E-state index contributed by atoms with van der Waals surface area (Å²) in [4.78, 5) is 24.3. The topological polar surface area (TPSA) is 58.6 Å². The molecule has 1 aliphatic heterocycles. The van der Waals surface area contributed by atoms with Gasteiger partial charge in [-0.3, -0.25) is 9.59 Å². The molecule has 5 nitrogen and oxygen atoms in total. The predicted molar refractivity (Wildman–Crippen MR) is 78.2 cm³/mol. The van der Waals surface area contributed by atoms with Crippen molar-refractivity contribution in [1.29, 1.82) is 0 Å². The van der Waals surface area contributed by atoms with Crippen LogP contribution >= 0.6 is 0 Å². The van der Waals surface area contributed by atoms with Crippen molar-refractivity contribution in [3.63, 3.8) is 0 Å². The molecule has 0 aromatic heterocycles. The summed E-state index contributed by atoms with van der Waals surface area (Å²) in [5.74, 6) is -1.42. The molecule has 130 valence electrons. The zero-order valence-electron chi connectivity index (χ0n) is 12.8. The van der Waals surface area contributed by atoms with E-state index in [2.05, 4.69) is 10.1 Å².